The van der Waals surface area contributed by atoms with Crippen molar-refractivity contribution in [3.63, 3.8) is 0 Å². The summed E-state index contributed by atoms with van der Waals surface area (Å²) in [6, 6.07) is 23.2. The summed E-state index contributed by atoms with van der Waals surface area (Å²) in [5, 5.41) is 11.5. The molecule has 0 aliphatic carbocycles. The molecule has 2 heterocycles. The first-order valence-electron chi connectivity index (χ1n) is 10.5. The van der Waals surface area contributed by atoms with Gasteiger partial charge in [-0.25, -0.2) is 0 Å². The van der Waals surface area contributed by atoms with Crippen molar-refractivity contribution in [3.8, 4) is 0 Å². The van der Waals surface area contributed by atoms with Gasteiger partial charge in [0.2, 0.25) is 17.2 Å². The van der Waals surface area contributed by atoms with Crippen LogP contribution in [0.25, 0.3) is 10.9 Å². The monoisotopic (exact) mass is 487 g/mol. The fraction of sp³-hybridized carbons (Fsp3) is 0.0400. The Labute approximate surface area is 206 Å². The number of benzene rings is 3. The number of rotatable bonds is 6. The fourth-order valence-corrected chi connectivity index (χ4v) is 3.74. The van der Waals surface area contributed by atoms with Crippen molar-refractivity contribution in [3.05, 3.63) is 94.9 Å². The molecule has 5 aromatic rings. The molecule has 0 aliphatic heterocycles. The third kappa shape index (κ3) is 5.17. The van der Waals surface area contributed by atoms with E-state index in [-0.39, 0.29) is 5.28 Å². The Morgan fingerprint density at radius 1 is 0.676 bits per heavy atom. The van der Waals surface area contributed by atoms with E-state index in [0.717, 1.165) is 33.7 Å². The minimum absolute atomic E-state index is 0.0864. The van der Waals surface area contributed by atoms with Gasteiger partial charge in [0.1, 0.15) is 0 Å². The van der Waals surface area contributed by atoms with Gasteiger partial charge in [0.25, 0.3) is 0 Å². The summed E-state index contributed by atoms with van der Waals surface area (Å²) >= 11 is 12.2. The van der Waals surface area contributed by atoms with Gasteiger partial charge in [0, 0.05) is 39.4 Å². The number of pyridine rings is 1. The van der Waals surface area contributed by atoms with Crippen LogP contribution in [0.15, 0.2) is 79.0 Å². The number of nitrogens with one attached hydrogen (secondary N) is 3. The molecular formula is C25H19Cl2N7. The second kappa shape index (κ2) is 9.51. The van der Waals surface area contributed by atoms with Crippen molar-refractivity contribution >= 4 is 68.8 Å². The first-order valence-corrected chi connectivity index (χ1v) is 11.2. The van der Waals surface area contributed by atoms with Crippen molar-refractivity contribution in [1.82, 2.24) is 19.9 Å². The van der Waals surface area contributed by atoms with E-state index in [1.807, 2.05) is 79.7 Å². The van der Waals surface area contributed by atoms with Gasteiger partial charge < -0.3 is 16.0 Å². The van der Waals surface area contributed by atoms with E-state index < -0.39 is 0 Å². The summed E-state index contributed by atoms with van der Waals surface area (Å²) in [4.78, 5) is 17.2. The Morgan fingerprint density at radius 2 is 1.38 bits per heavy atom. The Bertz CT molecular complexity index is 1470. The molecule has 7 nitrogen and oxygen atoms in total. The molecule has 0 saturated heterocycles. The van der Waals surface area contributed by atoms with Gasteiger partial charge in [0.05, 0.1) is 5.52 Å². The Kier molecular flexibility index (Phi) is 6.12. The summed E-state index contributed by atoms with van der Waals surface area (Å²) in [5.74, 6) is 0.679. The summed E-state index contributed by atoms with van der Waals surface area (Å²) < 4.78 is 0. The highest BCUT2D eigenvalue weighted by atomic mass is 35.5. The summed E-state index contributed by atoms with van der Waals surface area (Å²) in [6.45, 7) is 2.03. The largest absolute Gasteiger partial charge is 0.355 e. The van der Waals surface area contributed by atoms with Gasteiger partial charge >= 0.3 is 0 Å². The van der Waals surface area contributed by atoms with Gasteiger partial charge in [-0.2, -0.15) is 15.0 Å². The van der Waals surface area contributed by atoms with Crippen LogP contribution in [0, 0.1) is 6.92 Å². The topological polar surface area (TPSA) is 87.7 Å². The Morgan fingerprint density at radius 3 is 2.15 bits per heavy atom. The van der Waals surface area contributed by atoms with Gasteiger partial charge in [-0.3, -0.25) is 4.98 Å². The lowest BCUT2D eigenvalue weighted by Crippen LogP contribution is -2.04. The van der Waals surface area contributed by atoms with Crippen molar-refractivity contribution < 1.29 is 0 Å². The molecule has 0 bridgehead atoms. The Hall–Kier alpha value is -3.94. The molecule has 0 radical (unpaired) electrons. The maximum Gasteiger partial charge on any atom is 0.233 e. The van der Waals surface area contributed by atoms with Gasteiger partial charge in [0.15, 0.2) is 0 Å². The standard InChI is InChI=1S/C25H19Cl2N7/c1-15-5-8-17(9-6-15)30-24-32-23(27)33-25(34-24)31-19-4-2-3-18(14-19)29-21-11-12-28-22-13-16(26)7-10-20(21)22/h2-14H,1H3,(H,28,29)(H2,30,31,32,33,34). The van der Waals surface area contributed by atoms with Crippen LogP contribution in [0.3, 0.4) is 0 Å². The normalized spacial score (nSPS) is 10.8. The van der Waals surface area contributed by atoms with Crippen molar-refractivity contribution in [2.75, 3.05) is 16.0 Å². The average Bonchev–Trinajstić information content (AvgIpc) is 2.80. The maximum absolute atomic E-state index is 6.14. The van der Waals surface area contributed by atoms with E-state index in [1.54, 1.807) is 6.20 Å². The van der Waals surface area contributed by atoms with Crippen LogP contribution < -0.4 is 16.0 Å². The molecular weight excluding hydrogens is 469 g/mol. The van der Waals surface area contributed by atoms with E-state index in [9.17, 15) is 0 Å². The third-order valence-electron chi connectivity index (χ3n) is 5.02. The van der Waals surface area contributed by atoms with Gasteiger partial charge in [-0.1, -0.05) is 35.4 Å². The molecule has 0 fully saturated rings. The van der Waals surface area contributed by atoms with Gasteiger partial charge in [-0.15, -0.1) is 0 Å². The second-order valence-corrected chi connectivity index (χ2v) is 8.37. The van der Waals surface area contributed by atoms with Crippen LogP contribution in [-0.4, -0.2) is 19.9 Å². The molecule has 0 amide bonds. The lowest BCUT2D eigenvalue weighted by Gasteiger charge is -2.12. The van der Waals surface area contributed by atoms with Crippen LogP contribution in [0.5, 0.6) is 0 Å². The predicted molar refractivity (Wildman–Crippen MR) is 139 cm³/mol. The van der Waals surface area contributed by atoms with E-state index in [4.69, 9.17) is 23.2 Å². The average molecular weight is 488 g/mol. The maximum atomic E-state index is 6.14. The quantitative estimate of drug-likeness (QED) is 0.232. The van der Waals surface area contributed by atoms with Crippen LogP contribution in [0.1, 0.15) is 5.56 Å². The second-order valence-electron chi connectivity index (χ2n) is 7.59. The highest BCUT2D eigenvalue weighted by Crippen LogP contribution is 2.28. The van der Waals surface area contributed by atoms with Crippen molar-refractivity contribution in [2.45, 2.75) is 6.92 Å². The smallest absolute Gasteiger partial charge is 0.233 e. The van der Waals surface area contributed by atoms with E-state index >= 15 is 0 Å². The van der Waals surface area contributed by atoms with Gasteiger partial charge in [-0.05, 0) is 73.1 Å². The lowest BCUT2D eigenvalue weighted by molar-refractivity contribution is 1.06. The van der Waals surface area contributed by atoms with Crippen LogP contribution >= 0.6 is 23.2 Å². The molecule has 34 heavy (non-hydrogen) atoms. The lowest BCUT2D eigenvalue weighted by atomic mass is 10.1. The summed E-state index contributed by atoms with van der Waals surface area (Å²) in [5.41, 5.74) is 5.43. The molecule has 3 N–H and O–H groups in total. The molecule has 9 heteroatoms. The molecule has 0 atom stereocenters. The number of aryl methyl sites for hydroxylation is 1. The SMILES string of the molecule is Cc1ccc(Nc2nc(Cl)nc(Nc3cccc(Nc4ccnc5cc(Cl)ccc45)c3)n2)cc1. The zero-order valence-corrected chi connectivity index (χ0v) is 19.6. The number of hydrogen-bond acceptors (Lipinski definition) is 7. The summed E-state index contributed by atoms with van der Waals surface area (Å²) in [7, 11) is 0. The number of fused-ring (bicyclic) bond motifs is 1. The zero-order chi connectivity index (χ0) is 23.5. The molecule has 0 spiro atoms. The van der Waals surface area contributed by atoms with Crippen LogP contribution in [-0.2, 0) is 0 Å². The van der Waals surface area contributed by atoms with Crippen molar-refractivity contribution in [1.29, 1.82) is 0 Å². The highest BCUT2D eigenvalue weighted by molar-refractivity contribution is 6.31. The van der Waals surface area contributed by atoms with Crippen LogP contribution in [0.4, 0.5) is 34.6 Å². The minimum atomic E-state index is 0.0864. The number of hydrogen-bond donors (Lipinski definition) is 3. The first kappa shape index (κ1) is 21.9. The third-order valence-corrected chi connectivity index (χ3v) is 5.42. The number of halogens is 2. The molecule has 3 aromatic carbocycles. The van der Waals surface area contributed by atoms with E-state index in [1.165, 1.54) is 5.56 Å². The number of nitrogens with zero attached hydrogens (tertiary/aromatic N) is 4. The zero-order valence-electron chi connectivity index (χ0n) is 18.1. The first-order chi connectivity index (χ1) is 16.5. The number of aromatic nitrogens is 4. The molecule has 0 aliphatic rings. The summed E-state index contributed by atoms with van der Waals surface area (Å²) in [6.07, 6.45) is 1.75. The Balaban J connectivity index is 1.36. The van der Waals surface area contributed by atoms with Crippen molar-refractivity contribution in [2.24, 2.45) is 0 Å². The van der Waals surface area contributed by atoms with E-state index in [0.29, 0.717) is 16.9 Å². The molecule has 0 unspecified atom stereocenters. The molecule has 168 valence electrons. The molecule has 2 aromatic heterocycles. The van der Waals surface area contributed by atoms with Crippen LogP contribution in [0.2, 0.25) is 10.3 Å². The fourth-order valence-electron chi connectivity index (χ4n) is 3.42. The molecule has 5 rings (SSSR count). The number of anilines is 6. The minimum Gasteiger partial charge on any atom is -0.355 e. The highest BCUT2D eigenvalue weighted by Gasteiger charge is 2.08. The predicted octanol–water partition coefficient (Wildman–Crippen LogP) is 7.27. The van der Waals surface area contributed by atoms with E-state index in [2.05, 4.69) is 35.9 Å². The molecule has 0 saturated carbocycles.